The number of nitrogens with one attached hydrogen (secondary N) is 1. The number of sulfonamides is 1. The van der Waals surface area contributed by atoms with Crippen LogP contribution in [0.3, 0.4) is 0 Å². The van der Waals surface area contributed by atoms with Gasteiger partial charge in [-0.25, -0.2) is 13.4 Å². The number of pyridine rings is 1. The van der Waals surface area contributed by atoms with Gasteiger partial charge in [-0.05, 0) is 19.1 Å². The van der Waals surface area contributed by atoms with E-state index in [1.54, 1.807) is 19.1 Å². The van der Waals surface area contributed by atoms with Crippen LogP contribution in [0.4, 0.5) is 0 Å². The van der Waals surface area contributed by atoms with Gasteiger partial charge in [-0.2, -0.15) is 4.31 Å². The Hall–Kier alpha value is -1.42. The predicted octanol–water partition coefficient (Wildman–Crippen LogP) is 0.885. The third-order valence-electron chi connectivity index (χ3n) is 3.40. The summed E-state index contributed by atoms with van der Waals surface area (Å²) in [6, 6.07) is 3.14. The highest BCUT2D eigenvalue weighted by Crippen LogP contribution is 2.23. The van der Waals surface area contributed by atoms with Gasteiger partial charge in [0.25, 0.3) is 0 Å². The third kappa shape index (κ3) is 4.79. The van der Waals surface area contributed by atoms with Crippen molar-refractivity contribution in [3.05, 3.63) is 31.0 Å². The summed E-state index contributed by atoms with van der Waals surface area (Å²) in [7, 11) is -3.54. The highest BCUT2D eigenvalue weighted by molar-refractivity contribution is 8.00. The van der Waals surface area contributed by atoms with Gasteiger partial charge in [0.15, 0.2) is 0 Å². The van der Waals surface area contributed by atoms with Gasteiger partial charge in [0.05, 0.1) is 23.5 Å². The van der Waals surface area contributed by atoms with Crippen LogP contribution in [-0.4, -0.2) is 61.7 Å². The number of carbonyl (C=O) groups is 1. The van der Waals surface area contributed by atoms with E-state index in [4.69, 9.17) is 4.74 Å². The first-order valence-corrected chi connectivity index (χ1v) is 9.86. The molecule has 9 heteroatoms. The lowest BCUT2D eigenvalue weighted by Crippen LogP contribution is -2.40. The molecule has 1 aliphatic rings. The molecule has 1 N–H and O–H groups in total. The highest BCUT2D eigenvalue weighted by Gasteiger charge is 2.26. The van der Waals surface area contributed by atoms with E-state index >= 15 is 0 Å². The Morgan fingerprint density at radius 2 is 2.21 bits per heavy atom. The molecule has 2 heterocycles. The number of carbonyl (C=O) groups excluding carboxylic acids is 1. The van der Waals surface area contributed by atoms with E-state index in [0.717, 1.165) is 0 Å². The van der Waals surface area contributed by atoms with Crippen LogP contribution < -0.4 is 5.32 Å². The van der Waals surface area contributed by atoms with E-state index < -0.39 is 10.0 Å². The Labute approximate surface area is 146 Å². The van der Waals surface area contributed by atoms with Crippen molar-refractivity contribution in [2.24, 2.45) is 0 Å². The number of hydrogen-bond donors (Lipinski definition) is 1. The number of thioether (sulfide) groups is 1. The minimum atomic E-state index is -3.54. The van der Waals surface area contributed by atoms with Gasteiger partial charge in [0.1, 0.15) is 4.90 Å². The molecular formula is C15H21N3O4S2. The molecule has 0 bridgehead atoms. The molecule has 7 nitrogen and oxygen atoms in total. The monoisotopic (exact) mass is 371 g/mol. The molecule has 1 amide bonds. The van der Waals surface area contributed by atoms with Crippen molar-refractivity contribution < 1.29 is 17.9 Å². The lowest BCUT2D eigenvalue weighted by Gasteiger charge is -2.25. The zero-order valence-electron chi connectivity index (χ0n) is 13.5. The van der Waals surface area contributed by atoms with Gasteiger partial charge in [0.2, 0.25) is 15.9 Å². The SMILES string of the molecule is C=CCNC(=O)C(C)Sc1ccc(S(=O)(=O)N2CCOCC2)cn1. The number of aromatic nitrogens is 1. The molecule has 0 spiro atoms. The Balaban J connectivity index is 2.02. The Kier molecular flexibility index (Phi) is 6.79. The molecule has 1 unspecified atom stereocenters. The molecule has 1 aromatic heterocycles. The van der Waals surface area contributed by atoms with Crippen LogP contribution in [0, 0.1) is 0 Å². The second kappa shape index (κ2) is 8.61. The quantitative estimate of drug-likeness (QED) is 0.566. The molecule has 1 fully saturated rings. The Morgan fingerprint density at radius 3 is 2.79 bits per heavy atom. The Morgan fingerprint density at radius 1 is 1.50 bits per heavy atom. The molecule has 1 saturated heterocycles. The smallest absolute Gasteiger partial charge is 0.244 e. The average Bonchev–Trinajstić information content (AvgIpc) is 2.60. The van der Waals surface area contributed by atoms with Gasteiger partial charge >= 0.3 is 0 Å². The van der Waals surface area contributed by atoms with Gasteiger partial charge < -0.3 is 10.1 Å². The second-order valence-electron chi connectivity index (χ2n) is 5.14. The topological polar surface area (TPSA) is 88.6 Å². The number of ether oxygens (including phenoxy) is 1. The predicted molar refractivity (Wildman–Crippen MR) is 92.3 cm³/mol. The zero-order valence-corrected chi connectivity index (χ0v) is 15.1. The van der Waals surface area contributed by atoms with Crippen molar-refractivity contribution in [1.29, 1.82) is 0 Å². The van der Waals surface area contributed by atoms with Gasteiger partial charge in [-0.15, -0.1) is 6.58 Å². The summed E-state index contributed by atoms with van der Waals surface area (Å²) < 4.78 is 31.6. The lowest BCUT2D eigenvalue weighted by atomic mass is 10.4. The molecule has 1 aliphatic heterocycles. The summed E-state index contributed by atoms with van der Waals surface area (Å²) in [4.78, 5) is 16.1. The molecule has 0 saturated carbocycles. The fourth-order valence-electron chi connectivity index (χ4n) is 2.08. The average molecular weight is 371 g/mol. The summed E-state index contributed by atoms with van der Waals surface area (Å²) in [5.74, 6) is -0.119. The third-order valence-corrected chi connectivity index (χ3v) is 6.34. The summed E-state index contributed by atoms with van der Waals surface area (Å²) in [6.07, 6.45) is 2.94. The van der Waals surface area contributed by atoms with Crippen molar-refractivity contribution in [2.75, 3.05) is 32.8 Å². The number of nitrogens with zero attached hydrogens (tertiary/aromatic N) is 2. The standard InChI is InChI=1S/C15H21N3O4S2/c1-3-6-16-15(19)12(2)23-14-5-4-13(11-17-14)24(20,21)18-7-9-22-10-8-18/h3-5,11-12H,1,6-10H2,2H3,(H,16,19). The molecule has 1 atom stereocenters. The number of amides is 1. The maximum atomic E-state index is 12.5. The molecule has 2 rings (SSSR count). The lowest BCUT2D eigenvalue weighted by molar-refractivity contribution is -0.120. The van der Waals surface area contributed by atoms with E-state index in [-0.39, 0.29) is 16.1 Å². The molecule has 1 aromatic rings. The van der Waals surface area contributed by atoms with E-state index in [0.29, 0.717) is 37.9 Å². The molecular weight excluding hydrogens is 350 g/mol. The van der Waals surface area contributed by atoms with Crippen LogP contribution >= 0.6 is 11.8 Å². The van der Waals surface area contributed by atoms with Crippen molar-refractivity contribution >= 4 is 27.7 Å². The Bertz CT molecular complexity index is 670. The molecule has 0 radical (unpaired) electrons. The van der Waals surface area contributed by atoms with E-state index in [1.165, 1.54) is 28.3 Å². The summed E-state index contributed by atoms with van der Waals surface area (Å²) in [6.45, 7) is 7.22. The number of morpholine rings is 1. The highest BCUT2D eigenvalue weighted by atomic mass is 32.2. The maximum absolute atomic E-state index is 12.5. The summed E-state index contributed by atoms with van der Waals surface area (Å²) in [5, 5.41) is 2.97. The maximum Gasteiger partial charge on any atom is 0.244 e. The first-order valence-electron chi connectivity index (χ1n) is 7.54. The van der Waals surface area contributed by atoms with Crippen molar-refractivity contribution in [3.8, 4) is 0 Å². The van der Waals surface area contributed by atoms with Crippen molar-refractivity contribution in [3.63, 3.8) is 0 Å². The van der Waals surface area contributed by atoms with Crippen LogP contribution in [0.1, 0.15) is 6.92 Å². The van der Waals surface area contributed by atoms with Crippen molar-refractivity contribution in [2.45, 2.75) is 22.1 Å². The van der Waals surface area contributed by atoms with Crippen LogP contribution in [0.5, 0.6) is 0 Å². The second-order valence-corrected chi connectivity index (χ2v) is 8.44. The van der Waals surface area contributed by atoms with E-state index in [2.05, 4.69) is 16.9 Å². The number of hydrogen-bond acceptors (Lipinski definition) is 6. The minimum Gasteiger partial charge on any atom is -0.379 e. The first kappa shape index (κ1) is 18.9. The fraction of sp³-hybridized carbons (Fsp3) is 0.467. The van der Waals surface area contributed by atoms with Crippen LogP contribution in [0.25, 0.3) is 0 Å². The molecule has 0 aliphatic carbocycles. The van der Waals surface area contributed by atoms with E-state index in [1.807, 2.05) is 0 Å². The normalized spacial score (nSPS) is 17.2. The molecule has 24 heavy (non-hydrogen) atoms. The van der Waals surface area contributed by atoms with Crippen molar-refractivity contribution in [1.82, 2.24) is 14.6 Å². The van der Waals surface area contributed by atoms with Crippen LogP contribution in [0.2, 0.25) is 0 Å². The minimum absolute atomic E-state index is 0.119. The van der Waals surface area contributed by atoms with Gasteiger partial charge in [-0.3, -0.25) is 4.79 Å². The zero-order chi connectivity index (χ0) is 17.6. The van der Waals surface area contributed by atoms with Gasteiger partial charge in [0, 0.05) is 25.8 Å². The van der Waals surface area contributed by atoms with Crippen LogP contribution in [-0.2, 0) is 19.6 Å². The van der Waals surface area contributed by atoms with Crippen LogP contribution in [0.15, 0.2) is 40.9 Å². The molecule has 0 aromatic carbocycles. The number of rotatable bonds is 7. The molecule has 132 valence electrons. The van der Waals surface area contributed by atoms with E-state index in [9.17, 15) is 13.2 Å². The van der Waals surface area contributed by atoms with Gasteiger partial charge in [-0.1, -0.05) is 17.8 Å². The summed E-state index contributed by atoms with van der Waals surface area (Å²) in [5.41, 5.74) is 0. The first-order chi connectivity index (χ1) is 11.4. The summed E-state index contributed by atoms with van der Waals surface area (Å²) >= 11 is 1.27. The largest absolute Gasteiger partial charge is 0.379 e. The fourth-order valence-corrected chi connectivity index (χ4v) is 4.24.